The number of nitrogens with two attached hydrogens (primary N) is 1. The van der Waals surface area contributed by atoms with Crippen LogP contribution in [-0.4, -0.2) is 12.3 Å². The molecule has 0 amide bonds. The molecule has 0 radical (unpaired) electrons. The molecule has 0 saturated heterocycles. The molecule has 1 atom stereocenters. The molecule has 2 nitrogen and oxygen atoms in total. The van der Waals surface area contributed by atoms with Crippen molar-refractivity contribution < 1.29 is 4.79 Å². The van der Waals surface area contributed by atoms with Gasteiger partial charge in [-0.05, 0) is 25.8 Å². The molecule has 0 aromatic heterocycles. The molecular formula is C13H27NO. The zero-order chi connectivity index (χ0) is 11.5. The molecule has 0 aliphatic carbocycles. The van der Waals surface area contributed by atoms with E-state index in [0.29, 0.717) is 12.3 Å². The average molecular weight is 213 g/mol. The van der Waals surface area contributed by atoms with Gasteiger partial charge in [0.1, 0.15) is 5.78 Å². The first-order valence-corrected chi connectivity index (χ1v) is 6.45. The summed E-state index contributed by atoms with van der Waals surface area (Å²) in [7, 11) is 0. The van der Waals surface area contributed by atoms with Gasteiger partial charge >= 0.3 is 0 Å². The minimum absolute atomic E-state index is 0.222. The maximum atomic E-state index is 11.6. The van der Waals surface area contributed by atoms with Gasteiger partial charge in [-0.3, -0.25) is 4.79 Å². The molecule has 15 heavy (non-hydrogen) atoms. The van der Waals surface area contributed by atoms with Crippen LogP contribution in [0.5, 0.6) is 0 Å². The highest BCUT2D eigenvalue weighted by Crippen LogP contribution is 2.12. The zero-order valence-corrected chi connectivity index (χ0v) is 10.4. The second-order valence-electron chi connectivity index (χ2n) is 4.46. The van der Waals surface area contributed by atoms with Gasteiger partial charge in [-0.15, -0.1) is 0 Å². The molecule has 0 aromatic rings. The smallest absolute Gasteiger partial charge is 0.135 e. The van der Waals surface area contributed by atoms with Crippen LogP contribution in [0.15, 0.2) is 0 Å². The number of unbranched alkanes of at least 4 members (excludes halogenated alkanes) is 4. The predicted molar refractivity (Wildman–Crippen MR) is 65.8 cm³/mol. The summed E-state index contributed by atoms with van der Waals surface area (Å²) in [6.07, 6.45) is 8.84. The van der Waals surface area contributed by atoms with Crippen LogP contribution >= 0.6 is 0 Å². The number of rotatable bonds is 10. The second-order valence-corrected chi connectivity index (χ2v) is 4.46. The molecule has 1 unspecified atom stereocenters. The molecule has 2 heteroatoms. The van der Waals surface area contributed by atoms with Gasteiger partial charge in [0.2, 0.25) is 0 Å². The summed E-state index contributed by atoms with van der Waals surface area (Å²) in [4.78, 5) is 11.6. The van der Waals surface area contributed by atoms with Gasteiger partial charge in [0.25, 0.3) is 0 Å². The maximum Gasteiger partial charge on any atom is 0.135 e. The van der Waals surface area contributed by atoms with Gasteiger partial charge in [-0.1, -0.05) is 39.5 Å². The highest BCUT2D eigenvalue weighted by Gasteiger charge is 2.11. The minimum Gasteiger partial charge on any atom is -0.330 e. The fourth-order valence-corrected chi connectivity index (χ4v) is 1.73. The summed E-state index contributed by atoms with van der Waals surface area (Å²) in [5.74, 6) is 0.652. The summed E-state index contributed by atoms with van der Waals surface area (Å²) < 4.78 is 0. The van der Waals surface area contributed by atoms with Gasteiger partial charge < -0.3 is 5.73 Å². The van der Waals surface area contributed by atoms with Crippen LogP contribution < -0.4 is 5.73 Å². The van der Waals surface area contributed by atoms with Gasteiger partial charge in [-0.25, -0.2) is 0 Å². The largest absolute Gasteiger partial charge is 0.330 e. The third-order valence-corrected chi connectivity index (χ3v) is 2.92. The van der Waals surface area contributed by atoms with Gasteiger partial charge in [0.15, 0.2) is 0 Å². The van der Waals surface area contributed by atoms with Crippen LogP contribution in [0.3, 0.4) is 0 Å². The van der Waals surface area contributed by atoms with Crippen molar-refractivity contribution in [3.05, 3.63) is 0 Å². The first kappa shape index (κ1) is 14.6. The van der Waals surface area contributed by atoms with Crippen molar-refractivity contribution in [1.82, 2.24) is 0 Å². The average Bonchev–Trinajstić information content (AvgIpc) is 2.25. The molecule has 0 rings (SSSR count). The van der Waals surface area contributed by atoms with E-state index in [1.54, 1.807) is 0 Å². The third-order valence-electron chi connectivity index (χ3n) is 2.92. The highest BCUT2D eigenvalue weighted by molar-refractivity contribution is 5.80. The number of carbonyl (C=O) groups is 1. The van der Waals surface area contributed by atoms with E-state index in [9.17, 15) is 4.79 Å². The summed E-state index contributed by atoms with van der Waals surface area (Å²) in [5, 5.41) is 0. The van der Waals surface area contributed by atoms with Crippen LogP contribution in [0.4, 0.5) is 0 Å². The fraction of sp³-hybridized carbons (Fsp3) is 0.923. The van der Waals surface area contributed by atoms with Crippen molar-refractivity contribution in [3.8, 4) is 0 Å². The van der Waals surface area contributed by atoms with Crippen LogP contribution in [0.1, 0.15) is 65.2 Å². The first-order valence-electron chi connectivity index (χ1n) is 6.45. The molecule has 0 saturated carbocycles. The Hall–Kier alpha value is -0.370. The summed E-state index contributed by atoms with van der Waals surface area (Å²) in [6.45, 7) is 4.94. The number of hydrogen-bond acceptors (Lipinski definition) is 2. The van der Waals surface area contributed by atoms with Crippen LogP contribution in [-0.2, 0) is 4.79 Å². The van der Waals surface area contributed by atoms with Gasteiger partial charge in [0, 0.05) is 12.3 Å². The van der Waals surface area contributed by atoms with E-state index in [-0.39, 0.29) is 5.92 Å². The van der Waals surface area contributed by atoms with Crippen molar-refractivity contribution in [3.63, 3.8) is 0 Å². The quantitative estimate of drug-likeness (QED) is 0.566. The Balaban J connectivity index is 3.38. The fourth-order valence-electron chi connectivity index (χ4n) is 1.73. The molecule has 0 aliphatic rings. The Labute approximate surface area is 94.6 Å². The van der Waals surface area contributed by atoms with E-state index >= 15 is 0 Å². The Morgan fingerprint density at radius 3 is 2.40 bits per heavy atom. The Kier molecular flexibility index (Phi) is 9.91. The molecule has 0 bridgehead atoms. The SMILES string of the molecule is CCCCCCCC(=O)C(C)CCCN. The van der Waals surface area contributed by atoms with Crippen molar-refractivity contribution in [1.29, 1.82) is 0 Å². The Morgan fingerprint density at radius 2 is 1.80 bits per heavy atom. The van der Waals surface area contributed by atoms with Crippen molar-refractivity contribution in [2.24, 2.45) is 11.7 Å². The van der Waals surface area contributed by atoms with Crippen LogP contribution in [0.2, 0.25) is 0 Å². The van der Waals surface area contributed by atoms with Crippen LogP contribution in [0.25, 0.3) is 0 Å². The Bertz CT molecular complexity index is 157. The normalized spacial score (nSPS) is 12.7. The second kappa shape index (κ2) is 10.2. The molecular weight excluding hydrogens is 186 g/mol. The first-order chi connectivity index (χ1) is 7.22. The Morgan fingerprint density at radius 1 is 1.13 bits per heavy atom. The minimum atomic E-state index is 0.222. The highest BCUT2D eigenvalue weighted by atomic mass is 16.1. The lowest BCUT2D eigenvalue weighted by Crippen LogP contribution is -2.12. The molecule has 0 spiro atoms. The summed E-state index contributed by atoms with van der Waals surface area (Å²) >= 11 is 0. The molecule has 2 N–H and O–H groups in total. The molecule has 90 valence electrons. The lowest BCUT2D eigenvalue weighted by Gasteiger charge is -2.09. The predicted octanol–water partition coefficient (Wildman–Crippen LogP) is 3.29. The van der Waals surface area contributed by atoms with E-state index in [4.69, 9.17) is 5.73 Å². The molecule has 0 heterocycles. The molecule has 0 aliphatic heterocycles. The molecule has 0 fully saturated rings. The maximum absolute atomic E-state index is 11.6. The van der Waals surface area contributed by atoms with E-state index in [2.05, 4.69) is 6.92 Å². The lowest BCUT2D eigenvalue weighted by molar-refractivity contribution is -0.122. The summed E-state index contributed by atoms with van der Waals surface area (Å²) in [6, 6.07) is 0. The van der Waals surface area contributed by atoms with Crippen molar-refractivity contribution in [2.75, 3.05) is 6.54 Å². The summed E-state index contributed by atoms with van der Waals surface area (Å²) in [5.41, 5.74) is 5.42. The molecule has 0 aromatic carbocycles. The monoisotopic (exact) mass is 213 g/mol. The van der Waals surface area contributed by atoms with E-state index in [1.807, 2.05) is 6.92 Å². The number of Topliss-reactive ketones (excluding diaryl/α,β-unsaturated/α-hetero) is 1. The van der Waals surface area contributed by atoms with E-state index < -0.39 is 0 Å². The topological polar surface area (TPSA) is 43.1 Å². The zero-order valence-electron chi connectivity index (χ0n) is 10.4. The number of hydrogen-bond donors (Lipinski definition) is 1. The van der Waals surface area contributed by atoms with Gasteiger partial charge in [-0.2, -0.15) is 0 Å². The van der Waals surface area contributed by atoms with Crippen molar-refractivity contribution in [2.45, 2.75) is 65.2 Å². The van der Waals surface area contributed by atoms with E-state index in [0.717, 1.165) is 25.7 Å². The standard InChI is InChI=1S/C13H27NO/c1-3-4-5-6-7-10-13(15)12(2)9-8-11-14/h12H,3-11,14H2,1-2H3. The van der Waals surface area contributed by atoms with Crippen LogP contribution in [0, 0.1) is 5.92 Å². The number of carbonyl (C=O) groups excluding carboxylic acids is 1. The lowest BCUT2D eigenvalue weighted by atomic mass is 9.96. The van der Waals surface area contributed by atoms with E-state index in [1.165, 1.54) is 25.7 Å². The third kappa shape index (κ3) is 8.61. The number of ketones is 1. The van der Waals surface area contributed by atoms with Crippen molar-refractivity contribution >= 4 is 5.78 Å². The van der Waals surface area contributed by atoms with Gasteiger partial charge in [0.05, 0.1) is 0 Å².